The van der Waals surface area contributed by atoms with Crippen LogP contribution in [0.2, 0.25) is 0 Å². The van der Waals surface area contributed by atoms with Crippen molar-refractivity contribution in [1.82, 2.24) is 5.32 Å². The van der Waals surface area contributed by atoms with E-state index in [0.717, 1.165) is 6.42 Å². The van der Waals surface area contributed by atoms with Crippen LogP contribution in [0.3, 0.4) is 0 Å². The van der Waals surface area contributed by atoms with Gasteiger partial charge in [-0.2, -0.15) is 0 Å². The first kappa shape index (κ1) is 13.8. The Kier molecular flexibility index (Phi) is 4.98. The zero-order valence-electron chi connectivity index (χ0n) is 10.2. The van der Waals surface area contributed by atoms with Gasteiger partial charge in [-0.1, -0.05) is 6.92 Å². The SMILES string of the molecule is CCCNC(=O)COc1ccc(N)cc1C(N)=O. The van der Waals surface area contributed by atoms with Gasteiger partial charge in [0, 0.05) is 12.2 Å². The third kappa shape index (κ3) is 3.97. The van der Waals surface area contributed by atoms with Crippen LogP contribution >= 0.6 is 0 Å². The van der Waals surface area contributed by atoms with E-state index in [1.807, 2.05) is 6.92 Å². The molecule has 0 radical (unpaired) electrons. The van der Waals surface area contributed by atoms with Crippen LogP contribution in [0.15, 0.2) is 18.2 Å². The van der Waals surface area contributed by atoms with Gasteiger partial charge in [-0.25, -0.2) is 0 Å². The maximum Gasteiger partial charge on any atom is 0.257 e. The van der Waals surface area contributed by atoms with Crippen LogP contribution < -0.4 is 21.5 Å². The molecule has 6 nitrogen and oxygen atoms in total. The fourth-order valence-corrected chi connectivity index (χ4v) is 1.32. The van der Waals surface area contributed by atoms with E-state index in [2.05, 4.69) is 5.32 Å². The number of carbonyl (C=O) groups is 2. The van der Waals surface area contributed by atoms with E-state index in [0.29, 0.717) is 12.2 Å². The van der Waals surface area contributed by atoms with Gasteiger partial charge in [-0.3, -0.25) is 9.59 Å². The number of primary amides is 1. The van der Waals surface area contributed by atoms with E-state index in [1.165, 1.54) is 12.1 Å². The van der Waals surface area contributed by atoms with Crippen molar-refractivity contribution < 1.29 is 14.3 Å². The van der Waals surface area contributed by atoms with Crippen molar-refractivity contribution in [2.24, 2.45) is 5.73 Å². The lowest BCUT2D eigenvalue weighted by Crippen LogP contribution is -2.29. The molecule has 0 aliphatic rings. The molecule has 0 saturated heterocycles. The number of amides is 2. The normalized spacial score (nSPS) is 9.83. The highest BCUT2D eigenvalue weighted by molar-refractivity contribution is 5.96. The zero-order valence-corrected chi connectivity index (χ0v) is 10.2. The highest BCUT2D eigenvalue weighted by atomic mass is 16.5. The maximum absolute atomic E-state index is 11.3. The molecule has 2 amide bonds. The second kappa shape index (κ2) is 6.48. The molecule has 0 aliphatic heterocycles. The van der Waals surface area contributed by atoms with Gasteiger partial charge in [0.15, 0.2) is 6.61 Å². The van der Waals surface area contributed by atoms with Gasteiger partial charge < -0.3 is 21.5 Å². The van der Waals surface area contributed by atoms with E-state index in [9.17, 15) is 9.59 Å². The summed E-state index contributed by atoms with van der Waals surface area (Å²) >= 11 is 0. The quantitative estimate of drug-likeness (QED) is 0.631. The lowest BCUT2D eigenvalue weighted by atomic mass is 10.1. The van der Waals surface area contributed by atoms with Crippen LogP contribution in [0.1, 0.15) is 23.7 Å². The van der Waals surface area contributed by atoms with E-state index in [1.54, 1.807) is 6.07 Å². The van der Waals surface area contributed by atoms with Gasteiger partial charge in [-0.05, 0) is 24.6 Å². The van der Waals surface area contributed by atoms with Crippen molar-refractivity contribution in [3.8, 4) is 5.75 Å². The van der Waals surface area contributed by atoms with Crippen LogP contribution in [0.4, 0.5) is 5.69 Å². The molecule has 1 aromatic carbocycles. The monoisotopic (exact) mass is 251 g/mol. The predicted molar refractivity (Wildman–Crippen MR) is 68.2 cm³/mol. The number of nitrogens with two attached hydrogens (primary N) is 2. The van der Waals surface area contributed by atoms with Crippen LogP contribution in [0.5, 0.6) is 5.75 Å². The third-order valence-electron chi connectivity index (χ3n) is 2.20. The van der Waals surface area contributed by atoms with E-state index in [4.69, 9.17) is 16.2 Å². The summed E-state index contributed by atoms with van der Waals surface area (Å²) < 4.78 is 5.24. The van der Waals surface area contributed by atoms with Crippen LogP contribution in [0, 0.1) is 0 Å². The molecule has 0 spiro atoms. The van der Waals surface area contributed by atoms with E-state index in [-0.39, 0.29) is 23.8 Å². The number of hydrogen-bond acceptors (Lipinski definition) is 4. The minimum absolute atomic E-state index is 0.163. The first-order valence-electron chi connectivity index (χ1n) is 5.63. The molecule has 98 valence electrons. The summed E-state index contributed by atoms with van der Waals surface area (Å²) in [6.07, 6.45) is 0.847. The summed E-state index contributed by atoms with van der Waals surface area (Å²) in [6.45, 7) is 2.38. The molecule has 0 fully saturated rings. The topological polar surface area (TPSA) is 107 Å². The molecule has 0 aromatic heterocycles. The fraction of sp³-hybridized carbons (Fsp3) is 0.333. The highest BCUT2D eigenvalue weighted by Gasteiger charge is 2.11. The van der Waals surface area contributed by atoms with E-state index >= 15 is 0 Å². The van der Waals surface area contributed by atoms with Gasteiger partial charge in [0.05, 0.1) is 5.56 Å². The molecular weight excluding hydrogens is 234 g/mol. The Hall–Kier alpha value is -2.24. The highest BCUT2D eigenvalue weighted by Crippen LogP contribution is 2.20. The van der Waals surface area contributed by atoms with Crippen LogP contribution in [-0.2, 0) is 4.79 Å². The maximum atomic E-state index is 11.3. The number of rotatable bonds is 6. The van der Waals surface area contributed by atoms with Crippen molar-refractivity contribution in [1.29, 1.82) is 0 Å². The average Bonchev–Trinajstić information content (AvgIpc) is 2.34. The Balaban J connectivity index is 2.67. The largest absolute Gasteiger partial charge is 0.483 e. The summed E-state index contributed by atoms with van der Waals surface area (Å²) in [7, 11) is 0. The molecule has 0 bridgehead atoms. The molecular formula is C12H17N3O3. The van der Waals surface area contributed by atoms with E-state index < -0.39 is 5.91 Å². The molecule has 0 aliphatic carbocycles. The number of anilines is 1. The van der Waals surface area contributed by atoms with Crippen LogP contribution in [0.25, 0.3) is 0 Å². The third-order valence-corrected chi connectivity index (χ3v) is 2.20. The van der Waals surface area contributed by atoms with Crippen molar-refractivity contribution in [2.75, 3.05) is 18.9 Å². The molecule has 18 heavy (non-hydrogen) atoms. The number of carbonyl (C=O) groups excluding carboxylic acids is 2. The minimum Gasteiger partial charge on any atom is -0.483 e. The summed E-state index contributed by atoms with van der Waals surface area (Å²) in [5.41, 5.74) is 11.3. The molecule has 6 heteroatoms. The second-order valence-electron chi connectivity index (χ2n) is 3.76. The summed E-state index contributed by atoms with van der Waals surface area (Å²) in [4.78, 5) is 22.5. The zero-order chi connectivity index (χ0) is 13.5. The summed E-state index contributed by atoms with van der Waals surface area (Å²) in [6, 6.07) is 4.51. The molecule has 1 rings (SSSR count). The predicted octanol–water partition coefficient (Wildman–Crippen LogP) is 0.273. The Bertz CT molecular complexity index is 446. The first-order valence-corrected chi connectivity index (χ1v) is 5.63. The molecule has 1 aromatic rings. The van der Waals surface area contributed by atoms with Gasteiger partial charge in [0.25, 0.3) is 11.8 Å². The average molecular weight is 251 g/mol. The van der Waals surface area contributed by atoms with Crippen molar-refractivity contribution in [3.05, 3.63) is 23.8 Å². The van der Waals surface area contributed by atoms with Gasteiger partial charge >= 0.3 is 0 Å². The van der Waals surface area contributed by atoms with Crippen LogP contribution in [-0.4, -0.2) is 25.0 Å². The Labute approximate surface area is 105 Å². The molecule has 0 atom stereocenters. The van der Waals surface area contributed by atoms with Gasteiger partial charge in [-0.15, -0.1) is 0 Å². The first-order chi connectivity index (χ1) is 8.54. The minimum atomic E-state index is -0.647. The Morgan fingerprint density at radius 2 is 2.11 bits per heavy atom. The number of benzene rings is 1. The number of hydrogen-bond donors (Lipinski definition) is 3. The smallest absolute Gasteiger partial charge is 0.257 e. The Morgan fingerprint density at radius 3 is 2.72 bits per heavy atom. The number of nitrogens with one attached hydrogen (secondary N) is 1. The molecule has 0 heterocycles. The summed E-state index contributed by atoms with van der Waals surface area (Å²) in [5.74, 6) is -0.640. The van der Waals surface area contributed by atoms with Crippen molar-refractivity contribution >= 4 is 17.5 Å². The number of ether oxygens (including phenoxy) is 1. The summed E-state index contributed by atoms with van der Waals surface area (Å²) in [5, 5.41) is 2.66. The molecule has 0 saturated carbocycles. The molecule has 0 unspecified atom stereocenters. The Morgan fingerprint density at radius 1 is 1.39 bits per heavy atom. The lowest BCUT2D eigenvalue weighted by Gasteiger charge is -2.10. The van der Waals surface area contributed by atoms with Gasteiger partial charge in [0.2, 0.25) is 0 Å². The number of nitrogen functional groups attached to an aromatic ring is 1. The second-order valence-corrected chi connectivity index (χ2v) is 3.76. The van der Waals surface area contributed by atoms with Crippen molar-refractivity contribution in [3.63, 3.8) is 0 Å². The lowest BCUT2D eigenvalue weighted by molar-refractivity contribution is -0.123. The molecule has 5 N–H and O–H groups in total. The van der Waals surface area contributed by atoms with Gasteiger partial charge in [0.1, 0.15) is 5.75 Å². The van der Waals surface area contributed by atoms with Crippen molar-refractivity contribution in [2.45, 2.75) is 13.3 Å². The standard InChI is InChI=1S/C12H17N3O3/c1-2-5-15-11(16)7-18-10-4-3-8(13)6-9(10)12(14)17/h3-4,6H,2,5,7,13H2,1H3,(H2,14,17)(H,15,16). The fourth-order valence-electron chi connectivity index (χ4n) is 1.32.